The zero-order valence-corrected chi connectivity index (χ0v) is 10.1. The van der Waals surface area contributed by atoms with Crippen LogP contribution in [0.25, 0.3) is 0 Å². The lowest BCUT2D eigenvalue weighted by atomic mass is 9.98. The molecule has 0 aliphatic carbocycles. The van der Waals surface area contributed by atoms with E-state index in [1.807, 2.05) is 0 Å². The molecule has 0 rings (SSSR count). The predicted molar refractivity (Wildman–Crippen MR) is 53.0 cm³/mol. The normalized spacial score (nSPS) is 13.9. The van der Waals surface area contributed by atoms with Gasteiger partial charge >= 0.3 is 18.0 Å². The smallest absolute Gasteiger partial charge is 0.292 e. The molecule has 0 bridgehead atoms. The first-order valence-electron chi connectivity index (χ1n) is 4.63. The van der Waals surface area contributed by atoms with Crippen LogP contribution in [0.15, 0.2) is 0 Å². The highest BCUT2D eigenvalue weighted by molar-refractivity contribution is 7.80. The predicted octanol–water partition coefficient (Wildman–Crippen LogP) is 3.80. The van der Waals surface area contributed by atoms with Gasteiger partial charge in [-0.25, -0.2) is 0 Å². The molecule has 0 heterocycles. The quantitative estimate of drug-likeness (QED) is 0.567. The van der Waals surface area contributed by atoms with Crippen molar-refractivity contribution in [2.45, 2.75) is 38.3 Å². The number of hydrogen-bond donors (Lipinski definition) is 0. The Morgan fingerprint density at radius 1 is 1.06 bits per heavy atom. The van der Waals surface area contributed by atoms with Crippen LogP contribution in [-0.4, -0.2) is 28.7 Å². The lowest BCUT2D eigenvalue weighted by molar-refractivity contribution is -0.343. The van der Waals surface area contributed by atoms with Gasteiger partial charge < -0.3 is 0 Å². The summed E-state index contributed by atoms with van der Waals surface area (Å²) in [6.07, 6.45) is -7.81. The molecule has 0 atom stereocenters. The van der Waals surface area contributed by atoms with E-state index in [1.54, 1.807) is 0 Å². The minimum atomic E-state index is -6.51. The monoisotopic (exact) mass is 298 g/mol. The van der Waals surface area contributed by atoms with E-state index in [1.165, 1.54) is 13.8 Å². The van der Waals surface area contributed by atoms with Crippen molar-refractivity contribution in [2.75, 3.05) is 0 Å². The van der Waals surface area contributed by atoms with Crippen LogP contribution in [-0.2, 0) is 4.79 Å². The molecule has 0 radical (unpaired) electrons. The van der Waals surface area contributed by atoms with Crippen molar-refractivity contribution in [1.82, 2.24) is 0 Å². The Morgan fingerprint density at radius 3 is 1.72 bits per heavy atom. The fraction of sp³-hybridized carbons (Fsp3) is 0.778. The molecule has 0 aliphatic rings. The lowest BCUT2D eigenvalue weighted by Gasteiger charge is -2.27. The maximum Gasteiger partial charge on any atom is 0.460 e. The maximum absolute atomic E-state index is 12.8. The van der Waals surface area contributed by atoms with Gasteiger partial charge in [-0.15, -0.1) is 0 Å². The fourth-order valence-electron chi connectivity index (χ4n) is 0.826. The summed E-state index contributed by atoms with van der Waals surface area (Å²) in [5.74, 6) is -15.3. The number of ketones is 1. The Morgan fingerprint density at radius 2 is 1.44 bits per heavy atom. The van der Waals surface area contributed by atoms with Crippen molar-refractivity contribution in [3.05, 3.63) is 0 Å². The highest BCUT2D eigenvalue weighted by Gasteiger charge is 2.75. The summed E-state index contributed by atoms with van der Waals surface area (Å²) in [5.41, 5.74) is 0. The Bertz CT molecular complexity index is 345. The standard InChI is InChI=1S/C9H9F7OS/c1-4(2)5(18)3-6(17)7(10,11)8(12,13)9(14,15)16/h4H,3H2,1-2H3. The molecule has 0 aromatic carbocycles. The van der Waals surface area contributed by atoms with Crippen LogP contribution in [0.2, 0.25) is 0 Å². The van der Waals surface area contributed by atoms with Gasteiger partial charge in [-0.3, -0.25) is 4.79 Å². The zero-order chi connectivity index (χ0) is 14.9. The van der Waals surface area contributed by atoms with Crippen LogP contribution in [0.1, 0.15) is 20.3 Å². The van der Waals surface area contributed by atoms with E-state index < -0.39 is 36.1 Å². The molecule has 0 aromatic rings. The van der Waals surface area contributed by atoms with E-state index in [-0.39, 0.29) is 4.86 Å². The van der Waals surface area contributed by atoms with E-state index in [2.05, 4.69) is 12.2 Å². The first-order chi connectivity index (χ1) is 7.75. The Balaban J connectivity index is 5.16. The third kappa shape index (κ3) is 3.18. The summed E-state index contributed by atoms with van der Waals surface area (Å²) in [5, 5.41) is 0. The van der Waals surface area contributed by atoms with Crippen LogP contribution >= 0.6 is 12.2 Å². The van der Waals surface area contributed by atoms with Gasteiger partial charge in [0.05, 0.1) is 0 Å². The van der Waals surface area contributed by atoms with Crippen molar-refractivity contribution in [1.29, 1.82) is 0 Å². The molecule has 0 fully saturated rings. The second kappa shape index (κ2) is 5.10. The van der Waals surface area contributed by atoms with Crippen molar-refractivity contribution < 1.29 is 35.5 Å². The zero-order valence-electron chi connectivity index (χ0n) is 9.25. The number of thiocarbonyl (C=S) groups is 1. The molecule has 106 valence electrons. The van der Waals surface area contributed by atoms with Crippen LogP contribution in [0.3, 0.4) is 0 Å². The van der Waals surface area contributed by atoms with E-state index >= 15 is 0 Å². The molecule has 0 amide bonds. The van der Waals surface area contributed by atoms with Crippen molar-refractivity contribution in [2.24, 2.45) is 5.92 Å². The third-order valence-electron chi connectivity index (χ3n) is 2.08. The molecule has 0 aromatic heterocycles. The van der Waals surface area contributed by atoms with Gasteiger partial charge in [0.1, 0.15) is 0 Å². The molecule has 0 saturated heterocycles. The van der Waals surface area contributed by atoms with Gasteiger partial charge in [-0.1, -0.05) is 26.1 Å². The Kier molecular flexibility index (Phi) is 4.89. The first-order valence-corrected chi connectivity index (χ1v) is 5.04. The van der Waals surface area contributed by atoms with Crippen LogP contribution in [0.4, 0.5) is 30.7 Å². The summed E-state index contributed by atoms with van der Waals surface area (Å²) < 4.78 is 85.9. The van der Waals surface area contributed by atoms with E-state index in [9.17, 15) is 35.5 Å². The molecular weight excluding hydrogens is 289 g/mol. The van der Waals surface area contributed by atoms with E-state index in [0.717, 1.165) is 0 Å². The van der Waals surface area contributed by atoms with Crippen LogP contribution in [0.5, 0.6) is 0 Å². The number of alkyl halides is 7. The number of Topliss-reactive ketones (excluding diaryl/α,β-unsaturated/α-hetero) is 1. The number of carbonyl (C=O) groups excluding carboxylic acids is 1. The van der Waals surface area contributed by atoms with Gasteiger partial charge in [-0.05, 0) is 5.92 Å². The van der Waals surface area contributed by atoms with Gasteiger partial charge in [0, 0.05) is 11.3 Å². The Labute approximate surface area is 103 Å². The molecule has 0 unspecified atom stereocenters. The fourth-order valence-corrected chi connectivity index (χ4v) is 0.958. The third-order valence-corrected chi connectivity index (χ3v) is 2.70. The molecule has 9 heteroatoms. The highest BCUT2D eigenvalue weighted by Crippen LogP contribution is 2.47. The molecule has 0 N–H and O–H groups in total. The summed E-state index contributed by atoms with van der Waals surface area (Å²) >= 11 is 4.46. The van der Waals surface area contributed by atoms with Crippen molar-refractivity contribution in [3.63, 3.8) is 0 Å². The average Bonchev–Trinajstić information content (AvgIpc) is 2.14. The van der Waals surface area contributed by atoms with Gasteiger partial charge in [0.15, 0.2) is 0 Å². The summed E-state index contributed by atoms with van der Waals surface area (Å²) in [6, 6.07) is 0. The topological polar surface area (TPSA) is 17.1 Å². The number of halogens is 7. The number of rotatable bonds is 5. The molecular formula is C9H9F7OS. The first kappa shape index (κ1) is 17.3. The average molecular weight is 298 g/mol. The van der Waals surface area contributed by atoms with Gasteiger partial charge in [-0.2, -0.15) is 30.7 Å². The SMILES string of the molecule is CC(C)C(=S)CC(=O)C(F)(F)C(F)(F)C(F)(F)F. The molecule has 0 aliphatic heterocycles. The molecule has 18 heavy (non-hydrogen) atoms. The maximum atomic E-state index is 12.8. The van der Waals surface area contributed by atoms with Crippen LogP contribution in [0, 0.1) is 5.92 Å². The molecule has 1 nitrogen and oxygen atoms in total. The summed E-state index contributed by atoms with van der Waals surface area (Å²) in [4.78, 5) is 10.5. The Hall–Kier alpha value is -0.730. The van der Waals surface area contributed by atoms with Crippen LogP contribution < -0.4 is 0 Å². The number of hydrogen-bond acceptors (Lipinski definition) is 2. The summed E-state index contributed by atoms with van der Waals surface area (Å²) in [7, 11) is 0. The minimum absolute atomic E-state index is 0.308. The summed E-state index contributed by atoms with van der Waals surface area (Å²) in [6.45, 7) is 2.80. The van der Waals surface area contributed by atoms with Crippen molar-refractivity contribution in [3.8, 4) is 0 Å². The van der Waals surface area contributed by atoms with Gasteiger partial charge in [0.25, 0.3) is 0 Å². The van der Waals surface area contributed by atoms with Crippen molar-refractivity contribution >= 4 is 22.9 Å². The van der Waals surface area contributed by atoms with E-state index in [4.69, 9.17) is 0 Å². The lowest BCUT2D eigenvalue weighted by Crippen LogP contribution is -2.56. The number of carbonyl (C=O) groups is 1. The van der Waals surface area contributed by atoms with Gasteiger partial charge in [0.2, 0.25) is 5.78 Å². The minimum Gasteiger partial charge on any atom is -0.292 e. The molecule has 0 spiro atoms. The second-order valence-corrected chi connectivity index (χ2v) is 4.39. The van der Waals surface area contributed by atoms with E-state index in [0.29, 0.717) is 0 Å². The second-order valence-electron chi connectivity index (χ2n) is 3.87. The molecule has 0 saturated carbocycles. The largest absolute Gasteiger partial charge is 0.460 e. The highest BCUT2D eigenvalue weighted by atomic mass is 32.1.